The van der Waals surface area contributed by atoms with Crippen molar-refractivity contribution in [2.45, 2.75) is 30.6 Å². The topological polar surface area (TPSA) is 64.6 Å². The molecule has 1 atom stereocenters. The molecule has 1 aromatic carbocycles. The summed E-state index contributed by atoms with van der Waals surface area (Å²) in [6.07, 6.45) is -0.390. The van der Waals surface area contributed by atoms with Gasteiger partial charge in [-0.2, -0.15) is 0 Å². The molecular weight excluding hydrogens is 353 g/mol. The van der Waals surface area contributed by atoms with Gasteiger partial charge in [0.05, 0.1) is 12.7 Å². The molecule has 112 valence electrons. The van der Waals surface area contributed by atoms with Crippen LogP contribution in [-0.4, -0.2) is 33.5 Å². The first-order valence-corrected chi connectivity index (χ1v) is 8.24. The average molecular weight is 368 g/mol. The van der Waals surface area contributed by atoms with Crippen molar-refractivity contribution in [1.29, 1.82) is 0 Å². The van der Waals surface area contributed by atoms with E-state index in [1.54, 1.807) is 13.8 Å². The van der Waals surface area contributed by atoms with Gasteiger partial charge in [-0.05, 0) is 32.0 Å². The van der Waals surface area contributed by atoms with Crippen LogP contribution in [0.3, 0.4) is 0 Å². The molecule has 0 spiro atoms. The summed E-state index contributed by atoms with van der Waals surface area (Å²) in [6, 6.07) is 3.78. The highest BCUT2D eigenvalue weighted by molar-refractivity contribution is 9.10. The lowest BCUT2D eigenvalue weighted by Crippen LogP contribution is -2.34. The fraction of sp³-hybridized carbons (Fsp3) is 0.500. The van der Waals surface area contributed by atoms with Crippen molar-refractivity contribution >= 4 is 26.0 Å². The van der Waals surface area contributed by atoms with Crippen LogP contribution >= 0.6 is 15.9 Å². The van der Waals surface area contributed by atoms with Gasteiger partial charge in [0, 0.05) is 11.0 Å². The molecule has 1 saturated heterocycles. The van der Waals surface area contributed by atoms with Crippen LogP contribution in [0.15, 0.2) is 27.6 Å². The largest absolute Gasteiger partial charge is 0.348 e. The summed E-state index contributed by atoms with van der Waals surface area (Å²) in [5.74, 6) is -1.53. The van der Waals surface area contributed by atoms with Gasteiger partial charge in [-0.3, -0.25) is 0 Å². The van der Waals surface area contributed by atoms with Crippen LogP contribution in [0.5, 0.6) is 0 Å². The van der Waals surface area contributed by atoms with Crippen molar-refractivity contribution in [3.8, 4) is 0 Å². The smallest absolute Gasteiger partial charge is 0.243 e. The Balaban J connectivity index is 2.05. The van der Waals surface area contributed by atoms with Crippen LogP contribution < -0.4 is 4.72 Å². The predicted molar refractivity (Wildman–Crippen MR) is 74.2 cm³/mol. The Morgan fingerprint density at radius 2 is 2.20 bits per heavy atom. The van der Waals surface area contributed by atoms with E-state index in [1.165, 1.54) is 12.1 Å². The van der Waals surface area contributed by atoms with Crippen LogP contribution in [0.4, 0.5) is 4.39 Å². The second kappa shape index (κ2) is 5.69. The average Bonchev–Trinajstić information content (AvgIpc) is 2.66. The standard InChI is InChI=1S/C12H15BrFNO4S/c1-12(2)18-7-9(19-12)6-15-20(16,17)11-4-3-8(13)5-10(11)14/h3-5,9,15H,6-7H2,1-2H3. The zero-order valence-corrected chi connectivity index (χ0v) is 13.4. The zero-order valence-electron chi connectivity index (χ0n) is 11.0. The van der Waals surface area contributed by atoms with Gasteiger partial charge in [0.25, 0.3) is 0 Å². The number of ether oxygens (including phenoxy) is 2. The Morgan fingerprint density at radius 3 is 2.75 bits per heavy atom. The number of sulfonamides is 1. The van der Waals surface area contributed by atoms with Crippen LogP contribution in [0.25, 0.3) is 0 Å². The molecule has 8 heteroatoms. The lowest BCUT2D eigenvalue weighted by atomic mass is 10.3. The Morgan fingerprint density at radius 1 is 1.50 bits per heavy atom. The fourth-order valence-electron chi connectivity index (χ4n) is 1.84. The molecule has 1 aromatic rings. The van der Waals surface area contributed by atoms with Crippen molar-refractivity contribution in [2.24, 2.45) is 0 Å². The molecule has 20 heavy (non-hydrogen) atoms. The first kappa shape index (κ1) is 15.8. The molecule has 0 amide bonds. The van der Waals surface area contributed by atoms with Gasteiger partial charge in [0.1, 0.15) is 10.7 Å². The Hall–Kier alpha value is -0.540. The fourth-order valence-corrected chi connectivity index (χ4v) is 3.29. The van der Waals surface area contributed by atoms with Crippen molar-refractivity contribution in [2.75, 3.05) is 13.2 Å². The second-order valence-corrected chi connectivity index (χ2v) is 7.53. The quantitative estimate of drug-likeness (QED) is 0.883. The van der Waals surface area contributed by atoms with E-state index in [0.29, 0.717) is 11.1 Å². The Kier molecular flexibility index (Phi) is 4.50. The third-order valence-corrected chi connectivity index (χ3v) is 4.70. The minimum atomic E-state index is -3.91. The highest BCUT2D eigenvalue weighted by Gasteiger charge is 2.33. The summed E-state index contributed by atoms with van der Waals surface area (Å²) in [7, 11) is -3.91. The summed E-state index contributed by atoms with van der Waals surface area (Å²) in [5, 5.41) is 0. The molecule has 5 nitrogen and oxygen atoms in total. The second-order valence-electron chi connectivity index (χ2n) is 4.88. The van der Waals surface area contributed by atoms with E-state index in [1.807, 2.05) is 0 Å². The molecule has 1 N–H and O–H groups in total. The summed E-state index contributed by atoms with van der Waals surface area (Å²) < 4.78 is 51.3. The first-order chi connectivity index (χ1) is 9.20. The van der Waals surface area contributed by atoms with Crippen molar-refractivity contribution in [3.63, 3.8) is 0 Å². The molecule has 2 rings (SSSR count). The molecular formula is C12H15BrFNO4S. The number of hydrogen-bond donors (Lipinski definition) is 1. The lowest BCUT2D eigenvalue weighted by Gasteiger charge is -2.17. The van der Waals surface area contributed by atoms with E-state index >= 15 is 0 Å². The number of rotatable bonds is 4. The number of halogens is 2. The zero-order chi connectivity index (χ0) is 15.0. The maximum Gasteiger partial charge on any atom is 0.243 e. The molecule has 1 aliphatic rings. The number of benzene rings is 1. The maximum absolute atomic E-state index is 13.7. The van der Waals surface area contributed by atoms with E-state index in [2.05, 4.69) is 20.7 Å². The van der Waals surface area contributed by atoms with Gasteiger partial charge in [0.2, 0.25) is 10.0 Å². The van der Waals surface area contributed by atoms with Gasteiger partial charge in [0.15, 0.2) is 5.79 Å². The van der Waals surface area contributed by atoms with E-state index in [4.69, 9.17) is 9.47 Å². The first-order valence-electron chi connectivity index (χ1n) is 5.96. The van der Waals surface area contributed by atoms with Crippen LogP contribution in [0, 0.1) is 5.82 Å². The molecule has 1 fully saturated rings. The third kappa shape index (κ3) is 3.76. The predicted octanol–water partition coefficient (Wildman–Crippen LogP) is 2.02. The van der Waals surface area contributed by atoms with Gasteiger partial charge in [-0.1, -0.05) is 15.9 Å². The summed E-state index contributed by atoms with van der Waals surface area (Å²) >= 11 is 3.08. The highest BCUT2D eigenvalue weighted by Crippen LogP contribution is 2.23. The lowest BCUT2D eigenvalue weighted by molar-refractivity contribution is -0.137. The van der Waals surface area contributed by atoms with Gasteiger partial charge >= 0.3 is 0 Å². The van der Waals surface area contributed by atoms with Gasteiger partial charge in [-0.25, -0.2) is 17.5 Å². The number of nitrogens with one attached hydrogen (secondary N) is 1. The number of hydrogen-bond acceptors (Lipinski definition) is 4. The molecule has 0 bridgehead atoms. The van der Waals surface area contributed by atoms with Crippen molar-refractivity contribution < 1.29 is 22.3 Å². The minimum absolute atomic E-state index is 0.0290. The van der Waals surface area contributed by atoms with Crippen LogP contribution in [0.1, 0.15) is 13.8 Å². The van der Waals surface area contributed by atoms with Crippen molar-refractivity contribution in [1.82, 2.24) is 4.72 Å². The van der Waals surface area contributed by atoms with Gasteiger partial charge in [-0.15, -0.1) is 0 Å². The Bertz CT molecular complexity index is 605. The van der Waals surface area contributed by atoms with E-state index in [9.17, 15) is 12.8 Å². The Labute approximate surface area is 125 Å². The molecule has 1 unspecified atom stereocenters. The van der Waals surface area contributed by atoms with E-state index < -0.39 is 27.7 Å². The molecule has 0 saturated carbocycles. The van der Waals surface area contributed by atoms with Crippen molar-refractivity contribution in [3.05, 3.63) is 28.5 Å². The molecule has 0 aromatic heterocycles. The minimum Gasteiger partial charge on any atom is -0.348 e. The van der Waals surface area contributed by atoms with E-state index in [-0.39, 0.29) is 11.4 Å². The monoisotopic (exact) mass is 367 g/mol. The summed E-state index contributed by atoms with van der Waals surface area (Å²) in [5.41, 5.74) is 0. The van der Waals surface area contributed by atoms with Gasteiger partial charge < -0.3 is 9.47 Å². The van der Waals surface area contributed by atoms with Crippen LogP contribution in [-0.2, 0) is 19.5 Å². The summed E-state index contributed by atoms with van der Waals surface area (Å²) in [4.78, 5) is -0.390. The highest BCUT2D eigenvalue weighted by atomic mass is 79.9. The SMILES string of the molecule is CC1(C)OCC(CNS(=O)(=O)c2ccc(Br)cc2F)O1. The third-order valence-electron chi connectivity index (χ3n) is 2.75. The molecule has 1 aliphatic heterocycles. The maximum atomic E-state index is 13.7. The summed E-state index contributed by atoms with van der Waals surface area (Å²) in [6.45, 7) is 3.81. The molecule has 0 radical (unpaired) electrons. The van der Waals surface area contributed by atoms with Crippen LogP contribution in [0.2, 0.25) is 0 Å². The molecule has 0 aliphatic carbocycles. The normalized spacial score (nSPS) is 22.1. The molecule has 1 heterocycles. The van der Waals surface area contributed by atoms with E-state index in [0.717, 1.165) is 6.07 Å².